The summed E-state index contributed by atoms with van der Waals surface area (Å²) in [5.74, 6) is -1.89. The molecule has 0 saturated carbocycles. The quantitative estimate of drug-likeness (QED) is 0.157. The van der Waals surface area contributed by atoms with Gasteiger partial charge in [-0.25, -0.2) is 28.4 Å². The number of methoxy groups -OCH3 is 1. The molecule has 0 radical (unpaired) electrons. The van der Waals surface area contributed by atoms with E-state index in [0.29, 0.717) is 41.4 Å². The monoisotopic (exact) mass is 843 g/mol. The van der Waals surface area contributed by atoms with E-state index >= 15 is 4.39 Å². The van der Waals surface area contributed by atoms with Gasteiger partial charge in [0.1, 0.15) is 17.1 Å². The first-order valence-electron chi connectivity index (χ1n) is 20.4. The number of nitrogens with one attached hydrogen (secondary N) is 4. The number of amides is 2. The summed E-state index contributed by atoms with van der Waals surface area (Å²) in [4.78, 5) is 45.8. The van der Waals surface area contributed by atoms with Crippen LogP contribution in [-0.2, 0) is 12.8 Å². The van der Waals surface area contributed by atoms with Crippen molar-refractivity contribution < 1.29 is 23.1 Å². The van der Waals surface area contributed by atoms with E-state index in [4.69, 9.17) is 19.9 Å². The molecule has 8 aromatic heterocycles. The summed E-state index contributed by atoms with van der Waals surface area (Å²) in [6, 6.07) is 10.4. The number of aryl methyl sites for hydroxylation is 4. The van der Waals surface area contributed by atoms with Crippen molar-refractivity contribution in [3.05, 3.63) is 107 Å². The molecular formula is C42H43F2N15O3. The van der Waals surface area contributed by atoms with E-state index in [1.807, 2.05) is 18.2 Å². The first kappa shape index (κ1) is 39.0. The normalized spacial score (nSPS) is 14.7. The summed E-state index contributed by atoms with van der Waals surface area (Å²) in [5.41, 5.74) is 6.08. The Morgan fingerprint density at radius 3 is 2.05 bits per heavy atom. The standard InChI is InChI=1S/C42H43F2N15O3/c1-24-20-56-22-27(18-28(43)38(56)47-24)49-41(60)33-8-6-31(55-16-12-46-13-17-55)39-51-35(53-59(33)39)9-4-26-19-34-30(54-14-10-45-11-15-54)5-7-32(58(34)52-26)42(61)50-29-23-57-21-25(2)48-40(57)36(44)37(29)62-3/h5-8,18-23,45-46H,4,9-17H2,1-3H3,(H,49,60)(H,50,61). The molecule has 4 N–H and O–H groups in total. The van der Waals surface area contributed by atoms with Crippen molar-refractivity contribution >= 4 is 57.0 Å². The lowest BCUT2D eigenvalue weighted by Crippen LogP contribution is -2.43. The molecule has 0 aliphatic carbocycles. The van der Waals surface area contributed by atoms with Crippen LogP contribution in [-0.4, -0.2) is 114 Å². The van der Waals surface area contributed by atoms with Gasteiger partial charge in [-0.1, -0.05) is 0 Å². The number of ether oxygens (including phenoxy) is 1. The number of carbonyl (C=O) groups is 2. The van der Waals surface area contributed by atoms with Gasteiger partial charge in [-0.3, -0.25) is 9.59 Å². The molecule has 0 bridgehead atoms. The third-order valence-corrected chi connectivity index (χ3v) is 11.2. The Morgan fingerprint density at radius 2 is 1.34 bits per heavy atom. The van der Waals surface area contributed by atoms with E-state index in [0.717, 1.165) is 69.2 Å². The van der Waals surface area contributed by atoms with Crippen molar-refractivity contribution in [2.24, 2.45) is 0 Å². The Bertz CT molecular complexity index is 3050. The zero-order valence-electron chi connectivity index (χ0n) is 34.2. The molecule has 18 nitrogen and oxygen atoms in total. The maximum Gasteiger partial charge on any atom is 0.274 e. The highest BCUT2D eigenvalue weighted by atomic mass is 19.1. The van der Waals surface area contributed by atoms with E-state index in [-0.39, 0.29) is 39.8 Å². The molecule has 20 heteroatoms. The van der Waals surface area contributed by atoms with E-state index in [9.17, 15) is 14.0 Å². The minimum Gasteiger partial charge on any atom is -0.491 e. The van der Waals surface area contributed by atoms with E-state index in [2.05, 4.69) is 41.0 Å². The maximum absolute atomic E-state index is 15.5. The molecule has 0 aromatic carbocycles. The van der Waals surface area contributed by atoms with Gasteiger partial charge in [-0.15, -0.1) is 0 Å². The Kier molecular flexibility index (Phi) is 9.86. The Labute approximate surface area is 352 Å². The topological polar surface area (TPSA) is 180 Å². The van der Waals surface area contributed by atoms with E-state index in [1.165, 1.54) is 17.6 Å². The predicted molar refractivity (Wildman–Crippen MR) is 228 cm³/mol. The fourth-order valence-electron chi connectivity index (χ4n) is 8.35. The molecule has 2 aliphatic rings. The minimum atomic E-state index is -0.690. The Morgan fingerprint density at radius 1 is 0.710 bits per heavy atom. The van der Waals surface area contributed by atoms with Gasteiger partial charge in [0.05, 0.1) is 46.8 Å². The van der Waals surface area contributed by atoms with Crippen molar-refractivity contribution in [1.82, 2.24) is 53.6 Å². The summed E-state index contributed by atoms with van der Waals surface area (Å²) in [7, 11) is 1.34. The van der Waals surface area contributed by atoms with Gasteiger partial charge in [0, 0.05) is 89.6 Å². The Hall–Kier alpha value is -7.19. The first-order chi connectivity index (χ1) is 30.1. The summed E-state index contributed by atoms with van der Waals surface area (Å²) in [5, 5.41) is 22.2. The van der Waals surface area contributed by atoms with Gasteiger partial charge in [-0.05, 0) is 50.6 Å². The van der Waals surface area contributed by atoms with Crippen LogP contribution in [0.2, 0.25) is 0 Å². The number of anilines is 4. The number of imidazole rings is 2. The van der Waals surface area contributed by atoms with E-state index in [1.54, 1.807) is 64.2 Å². The third-order valence-electron chi connectivity index (χ3n) is 11.2. The molecular weight excluding hydrogens is 801 g/mol. The molecule has 62 heavy (non-hydrogen) atoms. The molecule has 0 unspecified atom stereocenters. The van der Waals surface area contributed by atoms with Crippen LogP contribution in [0.5, 0.6) is 5.75 Å². The number of halogens is 2. The van der Waals surface area contributed by atoms with Gasteiger partial charge in [0.15, 0.2) is 34.3 Å². The van der Waals surface area contributed by atoms with Crippen LogP contribution in [0.4, 0.5) is 31.5 Å². The molecule has 2 aliphatic heterocycles. The van der Waals surface area contributed by atoms with Crippen molar-refractivity contribution in [3.63, 3.8) is 0 Å². The fourth-order valence-corrected chi connectivity index (χ4v) is 8.35. The Balaban J connectivity index is 0.974. The van der Waals surface area contributed by atoms with Gasteiger partial charge in [0.25, 0.3) is 11.8 Å². The predicted octanol–water partition coefficient (Wildman–Crippen LogP) is 3.69. The molecule has 2 amide bonds. The van der Waals surface area contributed by atoms with Crippen molar-refractivity contribution in [2.75, 3.05) is 79.9 Å². The summed E-state index contributed by atoms with van der Waals surface area (Å²) < 4.78 is 42.1. The number of fused-ring (bicyclic) bond motifs is 4. The van der Waals surface area contributed by atoms with Gasteiger partial charge >= 0.3 is 0 Å². The molecule has 2 saturated heterocycles. The lowest BCUT2D eigenvalue weighted by atomic mass is 10.2. The third kappa shape index (κ3) is 7.05. The van der Waals surface area contributed by atoms with Crippen molar-refractivity contribution in [2.45, 2.75) is 26.7 Å². The number of piperazine rings is 2. The highest BCUT2D eigenvalue weighted by Gasteiger charge is 2.25. The number of pyridine rings is 4. The second kappa shape index (κ2) is 15.7. The number of carbonyl (C=O) groups excluding carboxylic acids is 2. The number of nitrogens with zero attached hydrogens (tertiary/aromatic N) is 11. The molecule has 10 heterocycles. The smallest absolute Gasteiger partial charge is 0.274 e. The maximum atomic E-state index is 15.5. The molecule has 0 spiro atoms. The highest BCUT2D eigenvalue weighted by Crippen LogP contribution is 2.32. The van der Waals surface area contributed by atoms with Crippen LogP contribution in [0.25, 0.3) is 22.5 Å². The average Bonchev–Trinajstić information content (AvgIpc) is 4.07. The van der Waals surface area contributed by atoms with Crippen LogP contribution < -0.4 is 35.8 Å². The van der Waals surface area contributed by atoms with Crippen LogP contribution in [0.15, 0.2) is 61.2 Å². The van der Waals surface area contributed by atoms with Crippen LogP contribution in [0.1, 0.15) is 43.9 Å². The zero-order valence-corrected chi connectivity index (χ0v) is 34.2. The van der Waals surface area contributed by atoms with Crippen LogP contribution >= 0.6 is 0 Å². The van der Waals surface area contributed by atoms with Gasteiger partial charge < -0.3 is 44.6 Å². The summed E-state index contributed by atoms with van der Waals surface area (Å²) in [6.07, 6.45) is 7.31. The molecule has 8 aromatic rings. The molecule has 0 atom stereocenters. The van der Waals surface area contributed by atoms with E-state index < -0.39 is 23.4 Å². The fraction of sp³-hybridized carbons (Fsp3) is 0.310. The largest absolute Gasteiger partial charge is 0.491 e. The number of hydrogen-bond acceptors (Lipinski definition) is 12. The number of hydrogen-bond donors (Lipinski definition) is 4. The molecule has 318 valence electrons. The first-order valence-corrected chi connectivity index (χ1v) is 20.4. The SMILES string of the molecule is COc1c(NC(=O)c2ccc(N3CCNCC3)c3cc(CCc4nc5c(N6CCNCC6)ccc(C(=O)Nc6cc(F)c7nc(C)cn7c6)n5n4)nn23)cn2cc(C)nc2c1F. The zero-order chi connectivity index (χ0) is 42.6. The average molecular weight is 844 g/mol. The van der Waals surface area contributed by atoms with Gasteiger partial charge in [-0.2, -0.15) is 14.6 Å². The minimum absolute atomic E-state index is 0.0898. The van der Waals surface area contributed by atoms with Crippen LogP contribution in [0, 0.1) is 25.5 Å². The summed E-state index contributed by atoms with van der Waals surface area (Å²) in [6.45, 7) is 9.77. The molecule has 2 fully saturated rings. The lowest BCUT2D eigenvalue weighted by molar-refractivity contribution is 0.101. The second-order valence-corrected chi connectivity index (χ2v) is 15.5. The highest BCUT2D eigenvalue weighted by molar-refractivity contribution is 6.05. The van der Waals surface area contributed by atoms with Crippen molar-refractivity contribution in [1.29, 1.82) is 0 Å². The molecule has 10 rings (SSSR count). The number of rotatable bonds is 10. The van der Waals surface area contributed by atoms with Crippen LogP contribution in [0.3, 0.4) is 0 Å². The van der Waals surface area contributed by atoms with Crippen molar-refractivity contribution in [3.8, 4) is 5.75 Å². The van der Waals surface area contributed by atoms with Gasteiger partial charge in [0.2, 0.25) is 5.82 Å². The number of aromatic nitrogens is 9. The lowest BCUT2D eigenvalue weighted by Gasteiger charge is -2.30. The second-order valence-electron chi connectivity index (χ2n) is 15.5. The summed E-state index contributed by atoms with van der Waals surface area (Å²) >= 11 is 0.